The highest BCUT2D eigenvalue weighted by Gasteiger charge is 2.32. The maximum absolute atomic E-state index is 5.39. The molecule has 4 heteroatoms. The Kier molecular flexibility index (Phi) is 4.38. The summed E-state index contributed by atoms with van der Waals surface area (Å²) in [6, 6.07) is 0. The molecule has 1 saturated carbocycles. The molecule has 1 N–H and O–H groups in total. The fourth-order valence-corrected chi connectivity index (χ4v) is 2.84. The molecule has 1 heterocycles. The largest absolute Gasteiger partial charge is 0.339 e. The average Bonchev–Trinajstić information content (AvgIpc) is 2.76. The Labute approximate surface area is 110 Å². The van der Waals surface area contributed by atoms with Crippen LogP contribution in [0.1, 0.15) is 57.7 Å². The molecule has 1 fully saturated rings. The summed E-state index contributed by atoms with van der Waals surface area (Å²) in [4.78, 5) is 4.52. The van der Waals surface area contributed by atoms with Gasteiger partial charge in [-0.15, -0.1) is 0 Å². The van der Waals surface area contributed by atoms with Gasteiger partial charge < -0.3 is 9.84 Å². The van der Waals surface area contributed by atoms with Gasteiger partial charge in [-0.3, -0.25) is 0 Å². The van der Waals surface area contributed by atoms with Crippen molar-refractivity contribution in [2.45, 2.75) is 64.3 Å². The van der Waals surface area contributed by atoms with Gasteiger partial charge in [-0.25, -0.2) is 0 Å². The average molecular weight is 251 g/mol. The van der Waals surface area contributed by atoms with Gasteiger partial charge in [0.05, 0.1) is 0 Å². The summed E-state index contributed by atoms with van der Waals surface area (Å²) in [7, 11) is 2.05. The van der Waals surface area contributed by atoms with Crippen molar-refractivity contribution in [2.75, 3.05) is 7.05 Å². The van der Waals surface area contributed by atoms with Gasteiger partial charge in [0.25, 0.3) is 0 Å². The van der Waals surface area contributed by atoms with E-state index in [9.17, 15) is 0 Å². The van der Waals surface area contributed by atoms with Crippen molar-refractivity contribution >= 4 is 0 Å². The minimum absolute atomic E-state index is 0.180. The van der Waals surface area contributed by atoms with Gasteiger partial charge >= 0.3 is 0 Å². The molecule has 0 amide bonds. The van der Waals surface area contributed by atoms with E-state index in [1.807, 2.05) is 0 Å². The maximum Gasteiger partial charge on any atom is 0.228 e. The molecule has 1 aromatic heterocycles. The summed E-state index contributed by atoms with van der Waals surface area (Å²) >= 11 is 0. The van der Waals surface area contributed by atoms with Gasteiger partial charge in [0.2, 0.25) is 5.89 Å². The Morgan fingerprint density at radius 2 is 2.00 bits per heavy atom. The van der Waals surface area contributed by atoms with E-state index in [1.54, 1.807) is 0 Å². The fourth-order valence-electron chi connectivity index (χ4n) is 2.84. The van der Waals surface area contributed by atoms with Gasteiger partial charge in [-0.1, -0.05) is 38.3 Å². The molecule has 102 valence electrons. The third-order valence-electron chi connectivity index (χ3n) is 3.93. The second-order valence-corrected chi connectivity index (χ2v) is 5.97. The van der Waals surface area contributed by atoms with Crippen LogP contribution in [-0.2, 0) is 12.8 Å². The van der Waals surface area contributed by atoms with E-state index in [2.05, 4.69) is 36.4 Å². The van der Waals surface area contributed by atoms with Crippen molar-refractivity contribution in [1.82, 2.24) is 15.5 Å². The maximum atomic E-state index is 5.39. The van der Waals surface area contributed by atoms with Crippen LogP contribution in [-0.4, -0.2) is 22.7 Å². The normalized spacial score (nSPS) is 19.3. The van der Waals surface area contributed by atoms with Crippen molar-refractivity contribution in [3.8, 4) is 0 Å². The zero-order valence-corrected chi connectivity index (χ0v) is 11.8. The van der Waals surface area contributed by atoms with E-state index in [1.165, 1.54) is 32.1 Å². The lowest BCUT2D eigenvalue weighted by Gasteiger charge is -2.36. The van der Waals surface area contributed by atoms with Crippen LogP contribution < -0.4 is 5.32 Å². The lowest BCUT2D eigenvalue weighted by molar-refractivity contribution is 0.221. The third-order valence-corrected chi connectivity index (χ3v) is 3.93. The molecule has 4 nitrogen and oxygen atoms in total. The molecule has 1 aromatic rings. The number of rotatable bonds is 5. The summed E-state index contributed by atoms with van der Waals surface area (Å²) < 4.78 is 5.39. The van der Waals surface area contributed by atoms with Crippen LogP contribution in [0, 0.1) is 5.92 Å². The summed E-state index contributed by atoms with van der Waals surface area (Å²) in [5.41, 5.74) is 0.180. The predicted octanol–water partition coefficient (Wildman–Crippen LogP) is 2.73. The molecule has 0 spiro atoms. The Balaban J connectivity index is 2.00. The van der Waals surface area contributed by atoms with Crippen LogP contribution in [0.4, 0.5) is 0 Å². The number of aromatic nitrogens is 2. The van der Waals surface area contributed by atoms with Gasteiger partial charge in [-0.2, -0.15) is 4.98 Å². The highest BCUT2D eigenvalue weighted by atomic mass is 16.5. The zero-order valence-electron chi connectivity index (χ0n) is 11.8. The monoisotopic (exact) mass is 251 g/mol. The predicted molar refractivity (Wildman–Crippen MR) is 71.4 cm³/mol. The number of nitrogens with one attached hydrogen (secondary N) is 1. The minimum atomic E-state index is 0.180. The molecule has 0 atom stereocenters. The van der Waals surface area contributed by atoms with Crippen molar-refractivity contribution in [1.29, 1.82) is 0 Å². The van der Waals surface area contributed by atoms with Crippen molar-refractivity contribution in [2.24, 2.45) is 5.92 Å². The molecule has 0 bridgehead atoms. The second-order valence-electron chi connectivity index (χ2n) is 5.97. The SMILES string of the molecule is CNC1(Cc2nc(CC(C)C)no2)CCCCC1. The first-order chi connectivity index (χ1) is 8.63. The molecule has 0 aliphatic heterocycles. The molecule has 1 aliphatic rings. The van der Waals surface area contributed by atoms with E-state index in [4.69, 9.17) is 4.52 Å². The van der Waals surface area contributed by atoms with Crippen LogP contribution in [0.15, 0.2) is 4.52 Å². The van der Waals surface area contributed by atoms with E-state index < -0.39 is 0 Å². The number of likely N-dealkylation sites (N-methyl/N-ethyl adjacent to an activating group) is 1. The van der Waals surface area contributed by atoms with Crippen LogP contribution in [0.2, 0.25) is 0 Å². The topological polar surface area (TPSA) is 51.0 Å². The van der Waals surface area contributed by atoms with Gasteiger partial charge in [0, 0.05) is 18.4 Å². The van der Waals surface area contributed by atoms with Crippen LogP contribution in [0.3, 0.4) is 0 Å². The molecular weight excluding hydrogens is 226 g/mol. The number of nitrogens with zero attached hydrogens (tertiary/aromatic N) is 2. The Morgan fingerprint density at radius 1 is 1.28 bits per heavy atom. The lowest BCUT2D eigenvalue weighted by Crippen LogP contribution is -2.46. The highest BCUT2D eigenvalue weighted by Crippen LogP contribution is 2.30. The summed E-state index contributed by atoms with van der Waals surface area (Å²) in [6.45, 7) is 4.35. The highest BCUT2D eigenvalue weighted by molar-refractivity contribution is 4.99. The molecular formula is C14H25N3O. The Bertz CT molecular complexity index is 367. The van der Waals surface area contributed by atoms with Crippen molar-refractivity contribution in [3.05, 3.63) is 11.7 Å². The van der Waals surface area contributed by atoms with E-state index in [-0.39, 0.29) is 5.54 Å². The molecule has 0 radical (unpaired) electrons. The summed E-state index contributed by atoms with van der Waals surface area (Å²) in [6.07, 6.45) is 8.15. The first-order valence-electron chi connectivity index (χ1n) is 7.14. The molecule has 0 saturated heterocycles. The van der Waals surface area contributed by atoms with E-state index >= 15 is 0 Å². The zero-order chi connectivity index (χ0) is 13.0. The third kappa shape index (κ3) is 3.31. The number of hydrogen-bond acceptors (Lipinski definition) is 4. The van der Waals surface area contributed by atoms with Gasteiger partial charge in [0.1, 0.15) is 0 Å². The summed E-state index contributed by atoms with van der Waals surface area (Å²) in [5.74, 6) is 2.22. The summed E-state index contributed by atoms with van der Waals surface area (Å²) in [5, 5.41) is 7.56. The number of hydrogen-bond donors (Lipinski definition) is 1. The smallest absolute Gasteiger partial charge is 0.228 e. The van der Waals surface area contributed by atoms with Crippen molar-refractivity contribution in [3.63, 3.8) is 0 Å². The van der Waals surface area contributed by atoms with Gasteiger partial charge in [-0.05, 0) is 25.8 Å². The van der Waals surface area contributed by atoms with E-state index in [0.717, 1.165) is 24.6 Å². The minimum Gasteiger partial charge on any atom is -0.339 e. The van der Waals surface area contributed by atoms with Crippen LogP contribution in [0.25, 0.3) is 0 Å². The van der Waals surface area contributed by atoms with Gasteiger partial charge in [0.15, 0.2) is 5.82 Å². The Morgan fingerprint density at radius 3 is 2.61 bits per heavy atom. The first kappa shape index (κ1) is 13.5. The standard InChI is InChI=1S/C14H25N3O/c1-11(2)9-12-16-13(18-17-12)10-14(15-3)7-5-4-6-8-14/h11,15H,4-10H2,1-3H3. The second kappa shape index (κ2) is 5.83. The van der Waals surface area contributed by atoms with E-state index in [0.29, 0.717) is 5.92 Å². The van der Waals surface area contributed by atoms with Crippen molar-refractivity contribution < 1.29 is 4.52 Å². The molecule has 1 aliphatic carbocycles. The fraction of sp³-hybridized carbons (Fsp3) is 0.857. The molecule has 2 rings (SSSR count). The van der Waals surface area contributed by atoms with Crippen LogP contribution in [0.5, 0.6) is 0 Å². The van der Waals surface area contributed by atoms with Crippen LogP contribution >= 0.6 is 0 Å². The lowest BCUT2D eigenvalue weighted by atomic mass is 9.79. The molecule has 18 heavy (non-hydrogen) atoms. The first-order valence-corrected chi connectivity index (χ1v) is 7.14. The quantitative estimate of drug-likeness (QED) is 0.874. The molecule has 0 aromatic carbocycles. The molecule has 0 unspecified atom stereocenters. The Hall–Kier alpha value is -0.900.